The van der Waals surface area contributed by atoms with E-state index in [0.717, 1.165) is 11.0 Å². The largest absolute Gasteiger partial charge is 0.481 e. The van der Waals surface area contributed by atoms with Crippen molar-refractivity contribution in [2.75, 3.05) is 6.54 Å². The molecule has 16 heavy (non-hydrogen) atoms. The van der Waals surface area contributed by atoms with Crippen LogP contribution in [0.5, 0.6) is 0 Å². The van der Waals surface area contributed by atoms with Crippen molar-refractivity contribution in [2.45, 2.75) is 5.92 Å². The highest BCUT2D eigenvalue weighted by atomic mass is 16.4. The van der Waals surface area contributed by atoms with Crippen molar-refractivity contribution in [1.82, 2.24) is 9.55 Å². The van der Waals surface area contributed by atoms with Crippen molar-refractivity contribution < 1.29 is 9.90 Å². The highest BCUT2D eigenvalue weighted by molar-refractivity contribution is 5.81. The Morgan fingerprint density at radius 1 is 1.62 bits per heavy atom. The van der Waals surface area contributed by atoms with Crippen LogP contribution in [-0.4, -0.2) is 27.2 Å². The maximum Gasteiger partial charge on any atom is 0.312 e. The van der Waals surface area contributed by atoms with Crippen LogP contribution in [0.2, 0.25) is 0 Å². The van der Waals surface area contributed by atoms with Gasteiger partial charge in [0.15, 0.2) is 0 Å². The number of aliphatic carboxylic acids is 1. The summed E-state index contributed by atoms with van der Waals surface area (Å²) in [6.07, 6.45) is 1.70. The van der Waals surface area contributed by atoms with E-state index in [1.165, 1.54) is 0 Å². The minimum atomic E-state index is -0.905. The normalized spacial score (nSPS) is 12.9. The number of aryl methyl sites for hydroxylation is 1. The predicted octanol–water partition coefficient (Wildman–Crippen LogP) is 0.700. The number of carboxylic acid groups (broad SMARTS) is 1. The molecule has 84 valence electrons. The van der Waals surface area contributed by atoms with Gasteiger partial charge in [0.1, 0.15) is 0 Å². The van der Waals surface area contributed by atoms with Crippen LogP contribution in [0, 0.1) is 0 Å². The van der Waals surface area contributed by atoms with Crippen molar-refractivity contribution in [3.05, 3.63) is 30.1 Å². The Kier molecular flexibility index (Phi) is 2.62. The molecule has 5 nitrogen and oxygen atoms in total. The number of carboxylic acids is 1. The summed E-state index contributed by atoms with van der Waals surface area (Å²) in [5.74, 6) is -1.57. The van der Waals surface area contributed by atoms with Crippen molar-refractivity contribution in [3.63, 3.8) is 0 Å². The van der Waals surface area contributed by atoms with Crippen LogP contribution in [0.15, 0.2) is 24.5 Å². The van der Waals surface area contributed by atoms with Gasteiger partial charge in [-0.3, -0.25) is 4.79 Å². The zero-order valence-electron chi connectivity index (χ0n) is 8.92. The molecule has 0 fully saturated rings. The quantitative estimate of drug-likeness (QED) is 0.796. The average molecular weight is 219 g/mol. The molecule has 1 heterocycles. The molecular weight excluding hydrogens is 206 g/mol. The van der Waals surface area contributed by atoms with Gasteiger partial charge in [-0.15, -0.1) is 0 Å². The van der Waals surface area contributed by atoms with E-state index < -0.39 is 11.9 Å². The van der Waals surface area contributed by atoms with Crippen LogP contribution in [0.3, 0.4) is 0 Å². The third-order valence-electron chi connectivity index (χ3n) is 2.69. The second-order valence-corrected chi connectivity index (χ2v) is 3.73. The number of rotatable bonds is 3. The summed E-state index contributed by atoms with van der Waals surface area (Å²) in [6.45, 7) is 0.0909. The van der Waals surface area contributed by atoms with Crippen molar-refractivity contribution in [3.8, 4) is 0 Å². The summed E-state index contributed by atoms with van der Waals surface area (Å²) in [5, 5.41) is 9.00. The summed E-state index contributed by atoms with van der Waals surface area (Å²) < 4.78 is 1.89. The average Bonchev–Trinajstić information content (AvgIpc) is 2.61. The lowest BCUT2D eigenvalue weighted by Crippen LogP contribution is -2.21. The smallest absolute Gasteiger partial charge is 0.312 e. The summed E-state index contributed by atoms with van der Waals surface area (Å²) in [6, 6.07) is 5.43. The Bertz CT molecular complexity index is 533. The molecule has 0 bridgehead atoms. The van der Waals surface area contributed by atoms with Gasteiger partial charge in [0.2, 0.25) is 0 Å². The van der Waals surface area contributed by atoms with E-state index in [1.54, 1.807) is 18.5 Å². The van der Waals surface area contributed by atoms with Crippen molar-refractivity contribution in [1.29, 1.82) is 0 Å². The molecule has 0 aliphatic carbocycles. The molecule has 1 aromatic heterocycles. The molecule has 1 unspecified atom stereocenters. The number of hydrogen-bond donors (Lipinski definition) is 2. The monoisotopic (exact) mass is 219 g/mol. The Balaban J connectivity index is 2.50. The van der Waals surface area contributed by atoms with Gasteiger partial charge < -0.3 is 15.4 Å². The highest BCUT2D eigenvalue weighted by Crippen LogP contribution is 2.20. The third-order valence-corrected chi connectivity index (χ3v) is 2.69. The van der Waals surface area contributed by atoms with Crippen LogP contribution in [0.1, 0.15) is 11.5 Å². The molecule has 0 radical (unpaired) electrons. The molecule has 0 spiro atoms. The van der Waals surface area contributed by atoms with Crippen LogP contribution < -0.4 is 5.73 Å². The molecule has 1 aromatic carbocycles. The first-order valence-electron chi connectivity index (χ1n) is 4.97. The summed E-state index contributed by atoms with van der Waals surface area (Å²) in [4.78, 5) is 15.2. The van der Waals surface area contributed by atoms with Gasteiger partial charge in [-0.25, -0.2) is 4.98 Å². The standard InChI is InChI=1S/C11H13N3O2/c1-14-6-13-9-4-7(2-3-10(9)14)8(5-12)11(15)16/h2-4,6,8H,5,12H2,1H3,(H,15,16). The molecule has 2 rings (SSSR count). The van der Waals surface area contributed by atoms with Gasteiger partial charge in [-0.2, -0.15) is 0 Å². The summed E-state index contributed by atoms with van der Waals surface area (Å²) in [7, 11) is 1.90. The van der Waals surface area contributed by atoms with E-state index in [-0.39, 0.29) is 6.54 Å². The number of imidazole rings is 1. The molecule has 0 aliphatic rings. The first kappa shape index (κ1) is 10.6. The maximum atomic E-state index is 11.0. The number of aromatic nitrogens is 2. The second kappa shape index (κ2) is 3.94. The Morgan fingerprint density at radius 3 is 3.00 bits per heavy atom. The molecule has 0 amide bonds. The van der Waals surface area contributed by atoms with E-state index in [2.05, 4.69) is 4.98 Å². The fraction of sp³-hybridized carbons (Fsp3) is 0.273. The number of carbonyl (C=O) groups is 1. The topological polar surface area (TPSA) is 81.1 Å². The lowest BCUT2D eigenvalue weighted by molar-refractivity contribution is -0.138. The van der Waals surface area contributed by atoms with Gasteiger partial charge >= 0.3 is 5.97 Å². The fourth-order valence-electron chi connectivity index (χ4n) is 1.75. The number of benzene rings is 1. The third kappa shape index (κ3) is 1.65. The zero-order valence-corrected chi connectivity index (χ0v) is 8.92. The Morgan fingerprint density at radius 2 is 2.38 bits per heavy atom. The lowest BCUT2D eigenvalue weighted by Gasteiger charge is -2.09. The minimum absolute atomic E-state index is 0.0909. The molecule has 0 saturated carbocycles. The van der Waals surface area contributed by atoms with Crippen LogP contribution in [-0.2, 0) is 11.8 Å². The van der Waals surface area contributed by atoms with Gasteiger partial charge in [0.05, 0.1) is 23.3 Å². The molecule has 1 atom stereocenters. The lowest BCUT2D eigenvalue weighted by atomic mass is 9.99. The summed E-state index contributed by atoms with van der Waals surface area (Å²) in [5.41, 5.74) is 7.91. The first-order valence-corrected chi connectivity index (χ1v) is 4.97. The fourth-order valence-corrected chi connectivity index (χ4v) is 1.75. The van der Waals surface area contributed by atoms with E-state index in [9.17, 15) is 4.79 Å². The van der Waals surface area contributed by atoms with Crippen LogP contribution in [0.4, 0.5) is 0 Å². The van der Waals surface area contributed by atoms with E-state index in [4.69, 9.17) is 10.8 Å². The molecule has 5 heteroatoms. The first-order chi connectivity index (χ1) is 7.63. The summed E-state index contributed by atoms with van der Waals surface area (Å²) >= 11 is 0. The second-order valence-electron chi connectivity index (χ2n) is 3.73. The molecule has 3 N–H and O–H groups in total. The van der Waals surface area contributed by atoms with Crippen LogP contribution in [0.25, 0.3) is 11.0 Å². The highest BCUT2D eigenvalue weighted by Gasteiger charge is 2.18. The predicted molar refractivity (Wildman–Crippen MR) is 60.1 cm³/mol. The molecule has 2 aromatic rings. The van der Waals surface area contributed by atoms with E-state index in [1.807, 2.05) is 17.7 Å². The van der Waals surface area contributed by atoms with Gasteiger partial charge in [0, 0.05) is 13.6 Å². The SMILES string of the molecule is Cn1cnc2cc(C(CN)C(=O)O)ccc21. The number of nitrogens with zero attached hydrogens (tertiary/aromatic N) is 2. The van der Waals surface area contributed by atoms with Crippen LogP contribution >= 0.6 is 0 Å². The Hall–Kier alpha value is -1.88. The van der Waals surface area contributed by atoms with Crippen molar-refractivity contribution in [2.24, 2.45) is 12.8 Å². The van der Waals surface area contributed by atoms with Gasteiger partial charge in [-0.05, 0) is 17.7 Å². The minimum Gasteiger partial charge on any atom is -0.481 e. The number of hydrogen-bond acceptors (Lipinski definition) is 3. The van der Waals surface area contributed by atoms with Crippen molar-refractivity contribution >= 4 is 17.0 Å². The Labute approximate surface area is 92.5 Å². The van der Waals surface area contributed by atoms with E-state index in [0.29, 0.717) is 5.56 Å². The van der Waals surface area contributed by atoms with Gasteiger partial charge in [0.25, 0.3) is 0 Å². The number of nitrogens with two attached hydrogens (primary N) is 1. The maximum absolute atomic E-state index is 11.0. The zero-order chi connectivity index (χ0) is 11.7. The number of fused-ring (bicyclic) bond motifs is 1. The van der Waals surface area contributed by atoms with E-state index >= 15 is 0 Å². The molecule has 0 saturated heterocycles. The molecular formula is C11H13N3O2. The molecule has 0 aliphatic heterocycles. The van der Waals surface area contributed by atoms with Gasteiger partial charge in [-0.1, -0.05) is 6.07 Å².